The van der Waals surface area contributed by atoms with Gasteiger partial charge in [0.25, 0.3) is 10.2 Å². The van der Waals surface area contributed by atoms with Crippen LogP contribution in [0.15, 0.2) is 0 Å². The number of carbonyl (C=O) groups is 1. The summed E-state index contributed by atoms with van der Waals surface area (Å²) < 4.78 is 32.0. The molecule has 0 amide bonds. The average Bonchev–Trinajstić information content (AvgIpc) is 2.99. The molecule has 2 unspecified atom stereocenters. The molecule has 21 heavy (non-hydrogen) atoms. The number of ether oxygens (including phenoxy) is 1. The molecule has 0 radical (unpaired) electrons. The van der Waals surface area contributed by atoms with Crippen molar-refractivity contribution in [3.8, 4) is 0 Å². The number of likely N-dealkylation sites (tertiary alicyclic amines) is 1. The van der Waals surface area contributed by atoms with Crippen molar-refractivity contribution in [1.82, 2.24) is 13.5 Å². The first-order valence-electron chi connectivity index (χ1n) is 7.39. The molecule has 2 saturated heterocycles. The van der Waals surface area contributed by atoms with Crippen molar-refractivity contribution in [1.29, 1.82) is 0 Å². The lowest BCUT2D eigenvalue weighted by atomic mass is 9.98. The fourth-order valence-electron chi connectivity index (χ4n) is 3.20. The number of carbonyl (C=O) groups excluding carboxylic acids is 1. The van der Waals surface area contributed by atoms with E-state index in [-0.39, 0.29) is 6.04 Å². The molecule has 0 saturated carbocycles. The van der Waals surface area contributed by atoms with Gasteiger partial charge in [0.2, 0.25) is 0 Å². The number of esters is 1. The second-order valence-corrected chi connectivity index (χ2v) is 7.96. The summed E-state index contributed by atoms with van der Waals surface area (Å²) in [5, 5.41) is 0. The quantitative estimate of drug-likeness (QED) is 0.677. The van der Waals surface area contributed by atoms with Crippen molar-refractivity contribution in [2.75, 3.05) is 40.8 Å². The van der Waals surface area contributed by atoms with Crippen LogP contribution in [0, 0.1) is 0 Å². The Morgan fingerprint density at radius 3 is 2.33 bits per heavy atom. The van der Waals surface area contributed by atoms with Crippen molar-refractivity contribution in [2.24, 2.45) is 0 Å². The molecule has 7 nitrogen and oxygen atoms in total. The van der Waals surface area contributed by atoms with E-state index < -0.39 is 22.2 Å². The third kappa shape index (κ3) is 3.39. The summed E-state index contributed by atoms with van der Waals surface area (Å²) in [6.45, 7) is 2.44. The molecule has 0 spiro atoms. The second-order valence-electron chi connectivity index (χ2n) is 5.86. The minimum absolute atomic E-state index is 0.269. The molecule has 0 aliphatic carbocycles. The zero-order valence-corrected chi connectivity index (χ0v) is 13.8. The van der Waals surface area contributed by atoms with Gasteiger partial charge < -0.3 is 9.64 Å². The van der Waals surface area contributed by atoms with E-state index in [9.17, 15) is 13.2 Å². The summed E-state index contributed by atoms with van der Waals surface area (Å²) in [7, 11) is 0.669. The van der Waals surface area contributed by atoms with Crippen molar-refractivity contribution in [2.45, 2.75) is 37.8 Å². The summed E-state index contributed by atoms with van der Waals surface area (Å²) in [4.78, 5) is 14.4. The van der Waals surface area contributed by atoms with Crippen LogP contribution < -0.4 is 0 Å². The summed E-state index contributed by atoms with van der Waals surface area (Å²) >= 11 is 0. The zero-order valence-electron chi connectivity index (χ0n) is 13.0. The van der Waals surface area contributed by atoms with Gasteiger partial charge in [-0.2, -0.15) is 17.0 Å². The maximum absolute atomic E-state index is 12.4. The number of methoxy groups -OCH3 is 1. The van der Waals surface area contributed by atoms with Crippen LogP contribution in [0.25, 0.3) is 0 Å². The Kier molecular flexibility index (Phi) is 5.24. The van der Waals surface area contributed by atoms with Gasteiger partial charge in [-0.1, -0.05) is 0 Å². The van der Waals surface area contributed by atoms with Gasteiger partial charge in [-0.3, -0.25) is 4.79 Å². The van der Waals surface area contributed by atoms with Gasteiger partial charge in [0.15, 0.2) is 0 Å². The van der Waals surface area contributed by atoms with E-state index in [0.717, 1.165) is 23.8 Å². The third-order valence-electron chi connectivity index (χ3n) is 4.41. The van der Waals surface area contributed by atoms with Gasteiger partial charge in [-0.25, -0.2) is 0 Å². The van der Waals surface area contributed by atoms with E-state index in [0.29, 0.717) is 13.0 Å². The van der Waals surface area contributed by atoms with Crippen LogP contribution in [0.2, 0.25) is 0 Å². The Labute approximate surface area is 127 Å². The number of hydrogen-bond acceptors (Lipinski definition) is 5. The molecular weight excluding hydrogens is 294 g/mol. The molecular formula is C13H25N3O4S. The Morgan fingerprint density at radius 2 is 1.81 bits per heavy atom. The number of piperidine rings is 1. The highest BCUT2D eigenvalue weighted by molar-refractivity contribution is 7.86. The minimum atomic E-state index is -3.60. The van der Waals surface area contributed by atoms with Gasteiger partial charge in [0, 0.05) is 26.7 Å². The lowest BCUT2D eigenvalue weighted by Crippen LogP contribution is -2.57. The predicted octanol–water partition coefficient (Wildman–Crippen LogP) is -0.105. The smallest absolute Gasteiger partial charge is 0.324 e. The van der Waals surface area contributed by atoms with Crippen LogP contribution in [-0.2, 0) is 19.7 Å². The molecule has 2 aliphatic heterocycles. The fraction of sp³-hybridized carbons (Fsp3) is 0.923. The van der Waals surface area contributed by atoms with Crippen LogP contribution >= 0.6 is 0 Å². The van der Waals surface area contributed by atoms with Crippen LogP contribution in [0.3, 0.4) is 0 Å². The molecule has 2 heterocycles. The Morgan fingerprint density at radius 1 is 1.19 bits per heavy atom. The van der Waals surface area contributed by atoms with Crippen LogP contribution in [0.5, 0.6) is 0 Å². The molecule has 2 rings (SSSR count). The van der Waals surface area contributed by atoms with Gasteiger partial charge >= 0.3 is 5.97 Å². The van der Waals surface area contributed by atoms with Crippen LogP contribution in [0.1, 0.15) is 25.7 Å². The van der Waals surface area contributed by atoms with Gasteiger partial charge in [0.1, 0.15) is 6.04 Å². The van der Waals surface area contributed by atoms with Crippen LogP contribution in [-0.4, -0.2) is 80.8 Å². The topological polar surface area (TPSA) is 70.2 Å². The third-order valence-corrected chi connectivity index (χ3v) is 6.37. The Hall–Kier alpha value is -0.700. The number of nitrogens with zero attached hydrogens (tertiary/aromatic N) is 3. The number of rotatable bonds is 4. The Balaban J connectivity index is 2.18. The predicted molar refractivity (Wildman–Crippen MR) is 78.9 cm³/mol. The summed E-state index contributed by atoms with van der Waals surface area (Å²) in [6, 6.07) is -0.452. The van der Waals surface area contributed by atoms with E-state index in [2.05, 4.69) is 4.90 Å². The largest absolute Gasteiger partial charge is 0.468 e. The summed E-state index contributed by atoms with van der Waals surface area (Å²) in [5.41, 5.74) is 0. The fourth-order valence-corrected chi connectivity index (χ4v) is 4.45. The molecule has 8 heteroatoms. The Bertz CT molecular complexity index is 474. The van der Waals surface area contributed by atoms with Crippen molar-refractivity contribution in [3.05, 3.63) is 0 Å². The zero-order chi connectivity index (χ0) is 15.6. The van der Waals surface area contributed by atoms with Gasteiger partial charge in [0.05, 0.1) is 7.11 Å². The van der Waals surface area contributed by atoms with Crippen LogP contribution in [0.4, 0.5) is 0 Å². The normalized spacial score (nSPS) is 29.0. The van der Waals surface area contributed by atoms with E-state index >= 15 is 0 Å². The summed E-state index contributed by atoms with van der Waals surface area (Å²) in [6.07, 6.45) is 3.64. The van der Waals surface area contributed by atoms with Crippen molar-refractivity contribution < 1.29 is 17.9 Å². The van der Waals surface area contributed by atoms with Crippen molar-refractivity contribution >= 4 is 16.2 Å². The molecule has 2 aliphatic rings. The molecule has 0 aromatic heterocycles. The maximum Gasteiger partial charge on any atom is 0.324 e. The SMILES string of the molecule is COC(=O)C1CC(N2CCCC2)CCN1S(=O)(=O)N(C)C. The summed E-state index contributed by atoms with van der Waals surface area (Å²) in [5.74, 6) is -0.468. The molecule has 0 bridgehead atoms. The van der Waals surface area contributed by atoms with E-state index in [1.54, 1.807) is 0 Å². The van der Waals surface area contributed by atoms with Gasteiger partial charge in [-0.15, -0.1) is 0 Å². The van der Waals surface area contributed by atoms with E-state index in [1.807, 2.05) is 0 Å². The second kappa shape index (κ2) is 6.60. The standard InChI is InChI=1S/C13H25N3O4S/c1-14(2)21(18,19)16-9-6-11(15-7-4-5-8-15)10-12(16)13(17)20-3/h11-12H,4-10H2,1-3H3. The van der Waals surface area contributed by atoms with Gasteiger partial charge in [-0.05, 0) is 38.8 Å². The van der Waals surface area contributed by atoms with Crippen molar-refractivity contribution in [3.63, 3.8) is 0 Å². The first-order valence-corrected chi connectivity index (χ1v) is 8.78. The molecule has 2 fully saturated rings. The first-order chi connectivity index (χ1) is 9.87. The highest BCUT2D eigenvalue weighted by Gasteiger charge is 2.43. The first kappa shape index (κ1) is 16.7. The monoisotopic (exact) mass is 319 g/mol. The average molecular weight is 319 g/mol. The maximum atomic E-state index is 12.4. The lowest BCUT2D eigenvalue weighted by Gasteiger charge is -2.40. The molecule has 0 aromatic rings. The molecule has 0 N–H and O–H groups in total. The highest BCUT2D eigenvalue weighted by atomic mass is 32.2. The number of hydrogen-bond donors (Lipinski definition) is 0. The van der Waals surface area contributed by atoms with E-state index in [4.69, 9.17) is 4.74 Å². The van der Waals surface area contributed by atoms with E-state index in [1.165, 1.54) is 38.4 Å². The molecule has 122 valence electrons. The minimum Gasteiger partial charge on any atom is -0.468 e. The lowest BCUT2D eigenvalue weighted by molar-refractivity contribution is -0.147. The molecule has 2 atom stereocenters. The highest BCUT2D eigenvalue weighted by Crippen LogP contribution is 2.28. The molecule has 0 aromatic carbocycles.